The fourth-order valence-electron chi connectivity index (χ4n) is 1.67. The van der Waals surface area contributed by atoms with Crippen LogP contribution in [-0.4, -0.2) is 15.1 Å². The summed E-state index contributed by atoms with van der Waals surface area (Å²) in [4.78, 5) is 4.30. The van der Waals surface area contributed by atoms with E-state index in [1.165, 1.54) is 0 Å². The number of nitrogens with zero attached hydrogens (tertiary/aromatic N) is 3. The molecule has 2 aromatic rings. The molecule has 0 aliphatic rings. The first-order valence-electron chi connectivity index (χ1n) is 5.39. The highest BCUT2D eigenvalue weighted by molar-refractivity contribution is 5.55. The molecule has 1 aromatic carbocycles. The lowest BCUT2D eigenvalue weighted by Crippen LogP contribution is -2.39. The normalized spacial score (nSPS) is 13.9. The van der Waals surface area contributed by atoms with E-state index in [1.807, 2.05) is 41.1 Å². The number of nitriles is 1. The Balaban J connectivity index is 2.34. The van der Waals surface area contributed by atoms with Gasteiger partial charge in [0.1, 0.15) is 11.4 Å². The average Bonchev–Trinajstić information content (AvgIpc) is 2.77. The van der Waals surface area contributed by atoms with Gasteiger partial charge in [-0.25, -0.2) is 4.98 Å². The molecule has 0 amide bonds. The van der Waals surface area contributed by atoms with Gasteiger partial charge >= 0.3 is 0 Å². The standard InChI is InChI=1S/C13H14N4/c1-13(15,9-14)10-17-8-7-16-12(17)11-5-3-2-4-6-11/h2-8H,10,15H2,1H3. The van der Waals surface area contributed by atoms with Gasteiger partial charge in [0.05, 0.1) is 12.6 Å². The first-order valence-corrected chi connectivity index (χ1v) is 5.39. The number of aromatic nitrogens is 2. The second kappa shape index (κ2) is 4.40. The van der Waals surface area contributed by atoms with E-state index in [0.29, 0.717) is 6.54 Å². The fraction of sp³-hybridized carbons (Fsp3) is 0.231. The van der Waals surface area contributed by atoms with Crippen LogP contribution in [0.3, 0.4) is 0 Å². The molecule has 0 radical (unpaired) electrons. The summed E-state index contributed by atoms with van der Waals surface area (Å²) in [5.74, 6) is 0.831. The predicted octanol–water partition coefficient (Wildman–Crippen LogP) is 1.79. The maximum atomic E-state index is 8.95. The molecule has 0 aliphatic carbocycles. The van der Waals surface area contributed by atoms with Gasteiger partial charge in [0, 0.05) is 18.0 Å². The molecule has 1 aromatic heterocycles. The van der Waals surface area contributed by atoms with Crippen molar-refractivity contribution in [3.8, 4) is 17.5 Å². The Bertz CT molecular complexity index is 534. The highest BCUT2D eigenvalue weighted by atomic mass is 15.1. The Hall–Kier alpha value is -2.12. The van der Waals surface area contributed by atoms with Crippen LogP contribution < -0.4 is 5.73 Å². The topological polar surface area (TPSA) is 67.6 Å². The van der Waals surface area contributed by atoms with Crippen molar-refractivity contribution >= 4 is 0 Å². The van der Waals surface area contributed by atoms with E-state index in [0.717, 1.165) is 11.4 Å². The summed E-state index contributed by atoms with van der Waals surface area (Å²) in [6.45, 7) is 2.13. The van der Waals surface area contributed by atoms with Crippen molar-refractivity contribution in [3.05, 3.63) is 42.7 Å². The van der Waals surface area contributed by atoms with Crippen molar-refractivity contribution in [2.75, 3.05) is 0 Å². The maximum Gasteiger partial charge on any atom is 0.139 e. The molecule has 0 fully saturated rings. The second-order valence-electron chi connectivity index (χ2n) is 4.27. The Morgan fingerprint density at radius 3 is 2.76 bits per heavy atom. The van der Waals surface area contributed by atoms with Gasteiger partial charge in [0.15, 0.2) is 0 Å². The molecule has 17 heavy (non-hydrogen) atoms. The average molecular weight is 226 g/mol. The Labute approximate surface area is 100 Å². The van der Waals surface area contributed by atoms with E-state index < -0.39 is 5.54 Å². The molecule has 0 saturated carbocycles. The third-order valence-corrected chi connectivity index (χ3v) is 2.50. The maximum absolute atomic E-state index is 8.95. The monoisotopic (exact) mass is 226 g/mol. The summed E-state index contributed by atoms with van der Waals surface area (Å²) in [5.41, 5.74) is 5.98. The van der Waals surface area contributed by atoms with E-state index >= 15 is 0 Å². The zero-order valence-corrected chi connectivity index (χ0v) is 9.67. The first kappa shape index (κ1) is 11.4. The second-order valence-corrected chi connectivity index (χ2v) is 4.27. The van der Waals surface area contributed by atoms with Crippen molar-refractivity contribution in [2.45, 2.75) is 19.0 Å². The molecule has 2 rings (SSSR count). The Kier molecular flexibility index (Phi) is 2.94. The lowest BCUT2D eigenvalue weighted by Gasteiger charge is -2.17. The summed E-state index contributed by atoms with van der Waals surface area (Å²) in [5, 5.41) is 8.95. The Morgan fingerprint density at radius 1 is 1.41 bits per heavy atom. The highest BCUT2D eigenvalue weighted by Crippen LogP contribution is 2.18. The molecule has 1 atom stereocenters. The molecule has 4 nitrogen and oxygen atoms in total. The van der Waals surface area contributed by atoms with Crippen LogP contribution in [0, 0.1) is 11.3 Å². The van der Waals surface area contributed by atoms with E-state index in [1.54, 1.807) is 13.1 Å². The summed E-state index contributed by atoms with van der Waals surface area (Å²) in [7, 11) is 0. The Morgan fingerprint density at radius 2 is 2.12 bits per heavy atom. The highest BCUT2D eigenvalue weighted by Gasteiger charge is 2.19. The van der Waals surface area contributed by atoms with E-state index in [4.69, 9.17) is 11.0 Å². The number of hydrogen-bond donors (Lipinski definition) is 1. The molecule has 0 saturated heterocycles. The van der Waals surface area contributed by atoms with Crippen molar-refractivity contribution in [2.24, 2.45) is 5.73 Å². The minimum Gasteiger partial charge on any atom is -0.328 e. The number of rotatable bonds is 3. The summed E-state index contributed by atoms with van der Waals surface area (Å²) < 4.78 is 1.90. The number of imidazole rings is 1. The molecule has 2 N–H and O–H groups in total. The largest absolute Gasteiger partial charge is 0.328 e. The number of nitrogens with two attached hydrogens (primary N) is 1. The molecule has 1 heterocycles. The van der Waals surface area contributed by atoms with Crippen LogP contribution >= 0.6 is 0 Å². The molecule has 86 valence electrons. The van der Waals surface area contributed by atoms with Crippen LogP contribution in [0.1, 0.15) is 6.92 Å². The SMILES string of the molecule is CC(N)(C#N)Cn1ccnc1-c1ccccc1. The van der Waals surface area contributed by atoms with Crippen LogP contribution in [0.25, 0.3) is 11.4 Å². The number of hydrogen-bond acceptors (Lipinski definition) is 3. The van der Waals surface area contributed by atoms with Crippen molar-refractivity contribution in [3.63, 3.8) is 0 Å². The van der Waals surface area contributed by atoms with Gasteiger partial charge in [0.2, 0.25) is 0 Å². The minimum atomic E-state index is -0.885. The van der Waals surface area contributed by atoms with Crippen molar-refractivity contribution in [1.82, 2.24) is 9.55 Å². The molecule has 0 spiro atoms. The van der Waals surface area contributed by atoms with E-state index in [9.17, 15) is 0 Å². The first-order chi connectivity index (χ1) is 8.12. The lowest BCUT2D eigenvalue weighted by atomic mass is 10.1. The summed E-state index contributed by atoms with van der Waals surface area (Å²) in [6, 6.07) is 11.9. The van der Waals surface area contributed by atoms with Gasteiger partial charge in [-0.3, -0.25) is 0 Å². The van der Waals surface area contributed by atoms with Crippen LogP contribution in [0.2, 0.25) is 0 Å². The van der Waals surface area contributed by atoms with Crippen molar-refractivity contribution < 1.29 is 0 Å². The molecular formula is C13H14N4. The number of benzene rings is 1. The van der Waals surface area contributed by atoms with E-state index in [2.05, 4.69) is 11.1 Å². The van der Waals surface area contributed by atoms with Gasteiger partial charge in [0.25, 0.3) is 0 Å². The zero-order chi connectivity index (χ0) is 12.3. The smallest absolute Gasteiger partial charge is 0.139 e. The predicted molar refractivity (Wildman–Crippen MR) is 65.9 cm³/mol. The minimum absolute atomic E-state index is 0.424. The molecule has 4 heteroatoms. The third-order valence-electron chi connectivity index (χ3n) is 2.50. The van der Waals surface area contributed by atoms with Crippen LogP contribution in [0.5, 0.6) is 0 Å². The van der Waals surface area contributed by atoms with Crippen molar-refractivity contribution in [1.29, 1.82) is 5.26 Å². The zero-order valence-electron chi connectivity index (χ0n) is 9.67. The molecule has 0 aliphatic heterocycles. The van der Waals surface area contributed by atoms with Crippen LogP contribution in [0.4, 0.5) is 0 Å². The molecule has 0 bridgehead atoms. The fourth-order valence-corrected chi connectivity index (χ4v) is 1.67. The van der Waals surface area contributed by atoms with Gasteiger partial charge in [-0.15, -0.1) is 0 Å². The quantitative estimate of drug-likeness (QED) is 0.867. The van der Waals surface area contributed by atoms with Crippen LogP contribution in [-0.2, 0) is 6.54 Å². The van der Waals surface area contributed by atoms with Gasteiger partial charge in [-0.2, -0.15) is 5.26 Å². The summed E-state index contributed by atoms with van der Waals surface area (Å²) in [6.07, 6.45) is 3.56. The summed E-state index contributed by atoms with van der Waals surface area (Å²) >= 11 is 0. The van der Waals surface area contributed by atoms with Gasteiger partial charge in [-0.05, 0) is 6.92 Å². The van der Waals surface area contributed by atoms with Crippen LogP contribution in [0.15, 0.2) is 42.7 Å². The molecular weight excluding hydrogens is 212 g/mol. The van der Waals surface area contributed by atoms with Gasteiger partial charge in [-0.1, -0.05) is 30.3 Å². The third kappa shape index (κ3) is 2.52. The van der Waals surface area contributed by atoms with Gasteiger partial charge < -0.3 is 10.3 Å². The van der Waals surface area contributed by atoms with E-state index in [-0.39, 0.29) is 0 Å². The molecule has 1 unspecified atom stereocenters. The lowest BCUT2D eigenvalue weighted by molar-refractivity contribution is 0.496.